The van der Waals surface area contributed by atoms with Gasteiger partial charge in [-0.3, -0.25) is 14.6 Å². The standard InChI is InChI=1S/C17H21N3O2.2C2H6/c1-10-11(2)19-13-9-7-6-8-12(13)14(10)15(21)20-17(3,4)16(22)18-5;2*1-2/h6-9H,1-5H3,(H,18,22)(H,20,21);2*1-2H3. The molecule has 0 fully saturated rings. The van der Waals surface area contributed by atoms with Crippen molar-refractivity contribution in [2.75, 3.05) is 7.05 Å². The number of aryl methyl sites for hydroxylation is 1. The number of nitrogens with one attached hydrogen (secondary N) is 2. The largest absolute Gasteiger partial charge is 0.357 e. The van der Waals surface area contributed by atoms with Crippen molar-refractivity contribution in [3.63, 3.8) is 0 Å². The highest BCUT2D eigenvalue weighted by atomic mass is 16.2. The van der Waals surface area contributed by atoms with Gasteiger partial charge in [-0.25, -0.2) is 0 Å². The van der Waals surface area contributed by atoms with Crippen molar-refractivity contribution in [3.8, 4) is 0 Å². The normalized spacial score (nSPS) is 10.0. The van der Waals surface area contributed by atoms with E-state index in [1.807, 2.05) is 65.8 Å². The second-order valence-corrected chi connectivity index (χ2v) is 5.87. The monoisotopic (exact) mass is 359 g/mol. The van der Waals surface area contributed by atoms with Gasteiger partial charge < -0.3 is 10.6 Å². The predicted molar refractivity (Wildman–Crippen MR) is 110 cm³/mol. The van der Waals surface area contributed by atoms with Crippen LogP contribution in [0.3, 0.4) is 0 Å². The van der Waals surface area contributed by atoms with Crippen molar-refractivity contribution in [2.45, 2.75) is 60.9 Å². The SMILES string of the molecule is CC.CC.CNC(=O)C(C)(C)NC(=O)c1c(C)c(C)nc2ccccc12. The van der Waals surface area contributed by atoms with Crippen LogP contribution in [0.1, 0.15) is 63.2 Å². The van der Waals surface area contributed by atoms with Gasteiger partial charge in [-0.2, -0.15) is 0 Å². The van der Waals surface area contributed by atoms with Crippen LogP contribution in [0.5, 0.6) is 0 Å². The maximum Gasteiger partial charge on any atom is 0.253 e. The highest BCUT2D eigenvalue weighted by Crippen LogP contribution is 2.23. The topological polar surface area (TPSA) is 71.1 Å². The van der Waals surface area contributed by atoms with Crippen molar-refractivity contribution < 1.29 is 9.59 Å². The van der Waals surface area contributed by atoms with Crippen LogP contribution >= 0.6 is 0 Å². The molecule has 0 radical (unpaired) electrons. The van der Waals surface area contributed by atoms with Gasteiger partial charge in [-0.15, -0.1) is 0 Å². The maximum absolute atomic E-state index is 12.7. The van der Waals surface area contributed by atoms with Crippen LogP contribution in [-0.2, 0) is 4.79 Å². The Labute approximate surface area is 157 Å². The van der Waals surface area contributed by atoms with Gasteiger partial charge in [-0.1, -0.05) is 45.9 Å². The number of likely N-dealkylation sites (N-methyl/N-ethyl adjacent to an activating group) is 1. The molecule has 0 bridgehead atoms. The second-order valence-electron chi connectivity index (χ2n) is 5.87. The minimum absolute atomic E-state index is 0.242. The number of para-hydroxylation sites is 1. The number of aromatic nitrogens is 1. The van der Waals surface area contributed by atoms with E-state index in [1.165, 1.54) is 0 Å². The molecule has 1 heterocycles. The van der Waals surface area contributed by atoms with Gasteiger partial charge in [0.25, 0.3) is 5.91 Å². The Balaban J connectivity index is 0.00000146. The number of carbonyl (C=O) groups is 2. The molecule has 144 valence electrons. The molecule has 26 heavy (non-hydrogen) atoms. The third-order valence-corrected chi connectivity index (χ3v) is 3.83. The molecule has 0 aliphatic carbocycles. The number of nitrogens with zero attached hydrogens (tertiary/aromatic N) is 1. The van der Waals surface area contributed by atoms with Crippen LogP contribution < -0.4 is 10.6 Å². The molecular formula is C21H33N3O2. The molecule has 0 spiro atoms. The minimum atomic E-state index is -0.990. The van der Waals surface area contributed by atoms with Crippen molar-refractivity contribution in [2.24, 2.45) is 0 Å². The summed E-state index contributed by atoms with van der Waals surface area (Å²) in [5.74, 6) is -0.513. The molecule has 0 saturated carbocycles. The van der Waals surface area contributed by atoms with E-state index >= 15 is 0 Å². The lowest BCUT2D eigenvalue weighted by molar-refractivity contribution is -0.125. The third kappa shape index (κ3) is 5.28. The molecular weight excluding hydrogens is 326 g/mol. The van der Waals surface area contributed by atoms with E-state index in [1.54, 1.807) is 20.9 Å². The summed E-state index contributed by atoms with van der Waals surface area (Å²) in [6.45, 7) is 15.1. The average molecular weight is 360 g/mol. The van der Waals surface area contributed by atoms with E-state index in [0.29, 0.717) is 5.56 Å². The van der Waals surface area contributed by atoms with Gasteiger partial charge >= 0.3 is 0 Å². The number of hydrogen-bond acceptors (Lipinski definition) is 3. The summed E-state index contributed by atoms with van der Waals surface area (Å²) in [7, 11) is 1.55. The first-order valence-corrected chi connectivity index (χ1v) is 9.18. The van der Waals surface area contributed by atoms with Crippen LogP contribution in [0, 0.1) is 13.8 Å². The van der Waals surface area contributed by atoms with Crippen molar-refractivity contribution >= 4 is 22.7 Å². The van der Waals surface area contributed by atoms with Crippen molar-refractivity contribution in [3.05, 3.63) is 41.1 Å². The number of benzene rings is 1. The zero-order chi connectivity index (χ0) is 20.5. The first-order chi connectivity index (χ1) is 12.3. The molecule has 2 aromatic rings. The first kappa shape index (κ1) is 23.6. The number of hydrogen-bond donors (Lipinski definition) is 2. The summed E-state index contributed by atoms with van der Waals surface area (Å²) >= 11 is 0. The molecule has 0 unspecified atom stereocenters. The lowest BCUT2D eigenvalue weighted by Crippen LogP contribution is -2.54. The molecule has 2 N–H and O–H groups in total. The van der Waals surface area contributed by atoms with Crippen LogP contribution in [0.4, 0.5) is 0 Å². The van der Waals surface area contributed by atoms with Crippen LogP contribution in [0.25, 0.3) is 10.9 Å². The van der Waals surface area contributed by atoms with Gasteiger partial charge in [0, 0.05) is 18.1 Å². The molecule has 5 heteroatoms. The molecule has 0 saturated heterocycles. The van der Waals surface area contributed by atoms with Gasteiger partial charge in [0.1, 0.15) is 5.54 Å². The van der Waals surface area contributed by atoms with E-state index < -0.39 is 5.54 Å². The summed E-state index contributed by atoms with van der Waals surface area (Å²) in [4.78, 5) is 29.1. The minimum Gasteiger partial charge on any atom is -0.357 e. The zero-order valence-electron chi connectivity index (χ0n) is 17.6. The smallest absolute Gasteiger partial charge is 0.253 e. The molecule has 1 aromatic carbocycles. The molecule has 0 atom stereocenters. The molecule has 2 rings (SSSR count). The number of rotatable bonds is 3. The Kier molecular flexibility index (Phi) is 9.55. The second kappa shape index (κ2) is 10.5. The summed E-state index contributed by atoms with van der Waals surface area (Å²) in [5.41, 5.74) is 1.98. The third-order valence-electron chi connectivity index (χ3n) is 3.83. The Hall–Kier alpha value is -2.43. The van der Waals surface area contributed by atoms with E-state index in [-0.39, 0.29) is 11.8 Å². The van der Waals surface area contributed by atoms with E-state index in [4.69, 9.17) is 0 Å². The van der Waals surface area contributed by atoms with E-state index in [2.05, 4.69) is 15.6 Å². The lowest BCUT2D eigenvalue weighted by Gasteiger charge is -2.25. The van der Waals surface area contributed by atoms with E-state index in [9.17, 15) is 9.59 Å². The molecule has 0 aliphatic heterocycles. The number of carbonyl (C=O) groups excluding carboxylic acids is 2. The number of pyridine rings is 1. The summed E-state index contributed by atoms with van der Waals surface area (Å²) in [5, 5.41) is 6.15. The molecule has 5 nitrogen and oxygen atoms in total. The van der Waals surface area contributed by atoms with Gasteiger partial charge in [0.15, 0.2) is 0 Å². The van der Waals surface area contributed by atoms with Gasteiger partial charge in [0.05, 0.1) is 11.1 Å². The summed E-state index contributed by atoms with van der Waals surface area (Å²) in [6.07, 6.45) is 0. The van der Waals surface area contributed by atoms with Crippen molar-refractivity contribution in [1.82, 2.24) is 15.6 Å². The first-order valence-electron chi connectivity index (χ1n) is 9.18. The van der Waals surface area contributed by atoms with Crippen LogP contribution in [-0.4, -0.2) is 29.4 Å². The average Bonchev–Trinajstić information content (AvgIpc) is 2.64. The van der Waals surface area contributed by atoms with Crippen LogP contribution in [0.2, 0.25) is 0 Å². The molecule has 2 amide bonds. The fourth-order valence-electron chi connectivity index (χ4n) is 2.44. The van der Waals surface area contributed by atoms with Crippen LogP contribution in [0.15, 0.2) is 24.3 Å². The lowest BCUT2D eigenvalue weighted by atomic mass is 9.98. The zero-order valence-corrected chi connectivity index (χ0v) is 17.6. The Morgan fingerprint density at radius 3 is 2.08 bits per heavy atom. The van der Waals surface area contributed by atoms with Gasteiger partial charge in [-0.05, 0) is 39.3 Å². The van der Waals surface area contributed by atoms with Crippen molar-refractivity contribution in [1.29, 1.82) is 0 Å². The van der Waals surface area contributed by atoms with E-state index in [0.717, 1.165) is 22.2 Å². The maximum atomic E-state index is 12.7. The number of fused-ring (bicyclic) bond motifs is 1. The Bertz CT molecular complexity index is 752. The fourth-order valence-corrected chi connectivity index (χ4v) is 2.44. The quantitative estimate of drug-likeness (QED) is 0.864. The predicted octanol–water partition coefficient (Wildman–Crippen LogP) is 4.16. The highest BCUT2D eigenvalue weighted by Gasteiger charge is 2.30. The molecule has 1 aromatic heterocycles. The fraction of sp³-hybridized carbons (Fsp3) is 0.476. The highest BCUT2D eigenvalue weighted by molar-refractivity contribution is 6.09. The Morgan fingerprint density at radius 1 is 1.00 bits per heavy atom. The summed E-state index contributed by atoms with van der Waals surface area (Å²) < 4.78 is 0. The number of amides is 2. The van der Waals surface area contributed by atoms with Gasteiger partial charge in [0.2, 0.25) is 5.91 Å². The molecule has 0 aliphatic rings. The Morgan fingerprint density at radius 2 is 1.54 bits per heavy atom. The summed E-state index contributed by atoms with van der Waals surface area (Å²) in [6, 6.07) is 7.51.